The minimum atomic E-state index is -0.439. The van der Waals surface area contributed by atoms with Gasteiger partial charge in [-0.25, -0.2) is 4.98 Å². The van der Waals surface area contributed by atoms with Gasteiger partial charge in [-0.05, 0) is 23.8 Å². The average Bonchev–Trinajstić information content (AvgIpc) is 3.14. The number of carbonyl (C=O) groups excluding carboxylic acids is 1. The molecule has 6 nitrogen and oxygen atoms in total. The van der Waals surface area contributed by atoms with E-state index >= 15 is 0 Å². The van der Waals surface area contributed by atoms with Gasteiger partial charge in [0.05, 0.1) is 12.7 Å². The monoisotopic (exact) mass is 402 g/mol. The molecular weight excluding hydrogens is 384 g/mol. The van der Waals surface area contributed by atoms with Crippen molar-refractivity contribution < 1.29 is 9.53 Å². The lowest BCUT2D eigenvalue weighted by molar-refractivity contribution is -0.128. The third-order valence-corrected chi connectivity index (χ3v) is 5.21. The van der Waals surface area contributed by atoms with Gasteiger partial charge in [-0.15, -0.1) is 5.10 Å². The lowest BCUT2D eigenvalue weighted by atomic mass is 10.1. The van der Waals surface area contributed by atoms with Crippen LogP contribution in [0.5, 0.6) is 5.75 Å². The number of aromatic amines is 1. The zero-order chi connectivity index (χ0) is 19.4. The molecule has 0 spiro atoms. The fraction of sp³-hybridized carbons (Fsp3) is 0.211. The van der Waals surface area contributed by atoms with Crippen LogP contribution in [0.15, 0.2) is 53.7 Å². The molecule has 1 amide bonds. The summed E-state index contributed by atoms with van der Waals surface area (Å²) >= 11 is 7.39. The van der Waals surface area contributed by atoms with Crippen LogP contribution in [0.2, 0.25) is 5.02 Å². The van der Waals surface area contributed by atoms with E-state index < -0.39 is 5.25 Å². The van der Waals surface area contributed by atoms with E-state index in [1.807, 2.05) is 30.3 Å². The number of hydrogen-bond donors (Lipinski definition) is 1. The molecular formula is C19H19ClN4O2S. The number of rotatable bonds is 6. The van der Waals surface area contributed by atoms with Gasteiger partial charge in [0.1, 0.15) is 11.0 Å². The van der Waals surface area contributed by atoms with Crippen molar-refractivity contribution in [3.8, 4) is 17.1 Å². The number of amides is 1. The SMILES string of the molecule is COc1ccc(Cl)cc1-c1nc(SC(C(=O)N(C)C)c2ccccc2)n[nH]1. The Labute approximate surface area is 166 Å². The molecule has 2 aromatic carbocycles. The fourth-order valence-corrected chi connectivity index (χ4v) is 3.74. The highest BCUT2D eigenvalue weighted by atomic mass is 35.5. The molecule has 27 heavy (non-hydrogen) atoms. The predicted molar refractivity (Wildman–Crippen MR) is 107 cm³/mol. The molecule has 1 heterocycles. The van der Waals surface area contributed by atoms with E-state index in [4.69, 9.17) is 16.3 Å². The number of methoxy groups -OCH3 is 1. The van der Waals surface area contributed by atoms with Crippen LogP contribution in [0.1, 0.15) is 10.8 Å². The first-order chi connectivity index (χ1) is 13.0. The number of nitrogens with one attached hydrogen (secondary N) is 1. The maximum atomic E-state index is 12.7. The first kappa shape index (κ1) is 19.3. The van der Waals surface area contributed by atoms with Gasteiger partial charge >= 0.3 is 0 Å². The van der Waals surface area contributed by atoms with Gasteiger partial charge in [-0.3, -0.25) is 9.89 Å². The lowest BCUT2D eigenvalue weighted by Crippen LogP contribution is -2.26. The second kappa shape index (κ2) is 8.45. The Kier molecular flexibility index (Phi) is 6.03. The molecule has 0 aliphatic rings. The molecule has 0 bridgehead atoms. The first-order valence-electron chi connectivity index (χ1n) is 8.18. The van der Waals surface area contributed by atoms with Crippen LogP contribution in [0.3, 0.4) is 0 Å². The van der Waals surface area contributed by atoms with E-state index in [2.05, 4.69) is 15.2 Å². The standard InChI is InChI=1S/C19H19ClN4O2S/c1-24(2)18(25)16(12-7-5-4-6-8-12)27-19-21-17(22-23-19)14-11-13(20)9-10-15(14)26-3/h4-11,16H,1-3H3,(H,21,22,23). The van der Waals surface area contributed by atoms with Crippen LogP contribution in [0.4, 0.5) is 0 Å². The number of likely N-dealkylation sites (N-methyl/N-ethyl adjacent to an activating group) is 1. The summed E-state index contributed by atoms with van der Waals surface area (Å²) < 4.78 is 5.37. The second-order valence-electron chi connectivity index (χ2n) is 5.95. The zero-order valence-electron chi connectivity index (χ0n) is 15.1. The molecule has 1 N–H and O–H groups in total. The lowest BCUT2D eigenvalue weighted by Gasteiger charge is -2.19. The van der Waals surface area contributed by atoms with Crippen molar-refractivity contribution in [2.45, 2.75) is 10.4 Å². The second-order valence-corrected chi connectivity index (χ2v) is 7.46. The highest BCUT2D eigenvalue weighted by molar-refractivity contribution is 8.00. The van der Waals surface area contributed by atoms with Crippen molar-refractivity contribution >= 4 is 29.3 Å². The molecule has 3 aromatic rings. The summed E-state index contributed by atoms with van der Waals surface area (Å²) in [5.74, 6) is 1.13. The highest BCUT2D eigenvalue weighted by Gasteiger charge is 2.25. The van der Waals surface area contributed by atoms with Crippen LogP contribution in [-0.4, -0.2) is 47.2 Å². The van der Waals surface area contributed by atoms with Crippen molar-refractivity contribution in [2.24, 2.45) is 0 Å². The Morgan fingerprint density at radius 3 is 2.63 bits per heavy atom. The number of nitrogens with zero attached hydrogens (tertiary/aromatic N) is 3. The maximum absolute atomic E-state index is 12.7. The smallest absolute Gasteiger partial charge is 0.240 e. The Morgan fingerprint density at radius 2 is 1.96 bits per heavy atom. The highest BCUT2D eigenvalue weighted by Crippen LogP contribution is 2.36. The first-order valence-corrected chi connectivity index (χ1v) is 9.44. The molecule has 0 aliphatic carbocycles. The topological polar surface area (TPSA) is 71.1 Å². The number of thioether (sulfide) groups is 1. The van der Waals surface area contributed by atoms with Crippen LogP contribution < -0.4 is 4.74 Å². The third kappa shape index (κ3) is 4.43. The molecule has 0 aliphatic heterocycles. The molecule has 8 heteroatoms. The minimum Gasteiger partial charge on any atom is -0.496 e. The molecule has 0 saturated heterocycles. The Balaban J connectivity index is 1.91. The molecule has 0 radical (unpaired) electrons. The largest absolute Gasteiger partial charge is 0.496 e. The van der Waals surface area contributed by atoms with Gasteiger partial charge < -0.3 is 9.64 Å². The summed E-state index contributed by atoms with van der Waals surface area (Å²) in [6, 6.07) is 14.9. The number of H-pyrrole nitrogens is 1. The van der Waals surface area contributed by atoms with Gasteiger partial charge in [-0.1, -0.05) is 53.7 Å². The van der Waals surface area contributed by atoms with Gasteiger partial charge in [0.15, 0.2) is 5.82 Å². The number of aromatic nitrogens is 3. The molecule has 0 fully saturated rings. The summed E-state index contributed by atoms with van der Waals surface area (Å²) in [5, 5.41) is 7.77. The van der Waals surface area contributed by atoms with Gasteiger partial charge in [0.25, 0.3) is 0 Å². The fourth-order valence-electron chi connectivity index (χ4n) is 2.51. The van der Waals surface area contributed by atoms with Crippen molar-refractivity contribution in [2.75, 3.05) is 21.2 Å². The van der Waals surface area contributed by atoms with Crippen molar-refractivity contribution in [3.05, 3.63) is 59.1 Å². The number of ether oxygens (including phenoxy) is 1. The van der Waals surface area contributed by atoms with Crippen LogP contribution in [0, 0.1) is 0 Å². The number of hydrogen-bond acceptors (Lipinski definition) is 5. The Bertz CT molecular complexity index is 930. The summed E-state index contributed by atoms with van der Waals surface area (Å²) in [6.07, 6.45) is 0. The van der Waals surface area contributed by atoms with Crippen molar-refractivity contribution in [1.82, 2.24) is 20.1 Å². The van der Waals surface area contributed by atoms with Crippen LogP contribution >= 0.6 is 23.4 Å². The summed E-state index contributed by atoms with van der Waals surface area (Å²) in [5.41, 5.74) is 1.60. The quantitative estimate of drug-likeness (QED) is 0.629. The van der Waals surface area contributed by atoms with Gasteiger partial charge in [-0.2, -0.15) is 0 Å². The number of halogens is 1. The predicted octanol–water partition coefficient (Wildman–Crippen LogP) is 4.06. The number of benzene rings is 2. The van der Waals surface area contributed by atoms with E-state index in [0.29, 0.717) is 27.3 Å². The van der Waals surface area contributed by atoms with E-state index in [0.717, 1.165) is 5.56 Å². The maximum Gasteiger partial charge on any atom is 0.240 e. The van der Waals surface area contributed by atoms with E-state index in [1.165, 1.54) is 11.8 Å². The van der Waals surface area contributed by atoms with Crippen LogP contribution in [-0.2, 0) is 4.79 Å². The summed E-state index contributed by atoms with van der Waals surface area (Å²) in [7, 11) is 5.05. The summed E-state index contributed by atoms with van der Waals surface area (Å²) in [4.78, 5) is 18.8. The Morgan fingerprint density at radius 1 is 1.22 bits per heavy atom. The molecule has 140 valence electrons. The van der Waals surface area contributed by atoms with E-state index in [1.54, 1.807) is 44.3 Å². The molecule has 1 atom stereocenters. The van der Waals surface area contributed by atoms with E-state index in [-0.39, 0.29) is 5.91 Å². The summed E-state index contributed by atoms with van der Waals surface area (Å²) in [6.45, 7) is 0. The average molecular weight is 403 g/mol. The van der Waals surface area contributed by atoms with Crippen LogP contribution in [0.25, 0.3) is 11.4 Å². The number of carbonyl (C=O) groups is 1. The Hall–Kier alpha value is -2.51. The van der Waals surface area contributed by atoms with Crippen molar-refractivity contribution in [3.63, 3.8) is 0 Å². The molecule has 1 aromatic heterocycles. The van der Waals surface area contributed by atoms with Gasteiger partial charge in [0.2, 0.25) is 11.1 Å². The molecule has 0 saturated carbocycles. The van der Waals surface area contributed by atoms with Crippen molar-refractivity contribution in [1.29, 1.82) is 0 Å². The van der Waals surface area contributed by atoms with E-state index in [9.17, 15) is 4.79 Å². The van der Waals surface area contributed by atoms with Gasteiger partial charge in [0, 0.05) is 19.1 Å². The zero-order valence-corrected chi connectivity index (χ0v) is 16.7. The minimum absolute atomic E-state index is 0.0297. The molecule has 1 unspecified atom stereocenters. The normalized spacial score (nSPS) is 11.9. The molecule has 3 rings (SSSR count). The third-order valence-electron chi connectivity index (χ3n) is 3.87.